The molecule has 4 heterocycles. The van der Waals surface area contributed by atoms with Gasteiger partial charge in [-0.05, 0) is 35.7 Å². The van der Waals surface area contributed by atoms with Crippen LogP contribution in [0.1, 0.15) is 0 Å². The first-order valence-electron chi connectivity index (χ1n) is 15.7. The highest BCUT2D eigenvalue weighted by atomic mass is 15.1. The van der Waals surface area contributed by atoms with E-state index in [1.165, 1.54) is 59.6 Å². The zero-order chi connectivity index (χ0) is 29.9. The summed E-state index contributed by atoms with van der Waals surface area (Å²) in [4.78, 5) is 10.8. The summed E-state index contributed by atoms with van der Waals surface area (Å²) in [6.45, 7) is 0. The minimum Gasteiger partial charge on any atom is -0.308 e. The molecule has 11 rings (SSSR count). The molecule has 0 saturated carbocycles. The number of nitrogens with zero attached hydrogens (tertiary/aromatic N) is 4. The highest BCUT2D eigenvalue weighted by Crippen LogP contribution is 2.48. The number of hydrogen-bond donors (Lipinski definition) is 0. The summed E-state index contributed by atoms with van der Waals surface area (Å²) in [5.41, 5.74) is 9.67. The van der Waals surface area contributed by atoms with Crippen molar-refractivity contribution in [1.82, 2.24) is 18.9 Å². The number of rotatable bonds is 2. The lowest BCUT2D eigenvalue weighted by Gasteiger charge is -2.15. The molecule has 0 N–H and O–H groups in total. The van der Waals surface area contributed by atoms with Gasteiger partial charge in [0.25, 0.3) is 0 Å². The molecule has 0 radical (unpaired) electrons. The summed E-state index contributed by atoms with van der Waals surface area (Å²) in [7, 11) is 0. The zero-order valence-electron chi connectivity index (χ0n) is 24.6. The van der Waals surface area contributed by atoms with E-state index in [1.54, 1.807) is 0 Å². The van der Waals surface area contributed by atoms with Crippen molar-refractivity contribution in [3.8, 4) is 17.1 Å². The van der Waals surface area contributed by atoms with Crippen LogP contribution < -0.4 is 0 Å². The number of para-hydroxylation sites is 4. The van der Waals surface area contributed by atoms with E-state index in [4.69, 9.17) is 9.97 Å². The molecule has 4 heteroatoms. The molecular formula is C42H24N4. The number of hydrogen-bond acceptors (Lipinski definition) is 2. The van der Waals surface area contributed by atoms with E-state index in [9.17, 15) is 0 Å². The van der Waals surface area contributed by atoms with Gasteiger partial charge in [-0.1, -0.05) is 115 Å². The van der Waals surface area contributed by atoms with Crippen LogP contribution in [0, 0.1) is 0 Å². The minimum atomic E-state index is 0.837. The maximum atomic E-state index is 5.47. The Morgan fingerprint density at radius 1 is 0.413 bits per heavy atom. The fraction of sp³-hybridized carbons (Fsp3) is 0. The molecule has 0 aliphatic heterocycles. The fourth-order valence-corrected chi connectivity index (χ4v) is 7.91. The summed E-state index contributed by atoms with van der Waals surface area (Å²) in [6.07, 6.45) is 0. The third-order valence-corrected chi connectivity index (χ3v) is 9.79. The van der Waals surface area contributed by atoms with Crippen LogP contribution in [-0.4, -0.2) is 18.9 Å². The minimum absolute atomic E-state index is 0.837. The highest BCUT2D eigenvalue weighted by Gasteiger charge is 2.27. The zero-order valence-corrected chi connectivity index (χ0v) is 24.6. The molecule has 0 unspecified atom stereocenters. The second-order valence-electron chi connectivity index (χ2n) is 12.2. The molecule has 4 nitrogen and oxygen atoms in total. The number of aromatic nitrogens is 4. The molecule has 212 valence electrons. The first-order valence-corrected chi connectivity index (χ1v) is 15.7. The Balaban J connectivity index is 1.47. The van der Waals surface area contributed by atoms with Crippen molar-refractivity contribution in [3.63, 3.8) is 0 Å². The first-order chi connectivity index (χ1) is 22.8. The molecule has 11 aromatic rings. The second kappa shape index (κ2) is 8.68. The van der Waals surface area contributed by atoms with Crippen molar-refractivity contribution < 1.29 is 0 Å². The molecule has 7 aromatic carbocycles. The third kappa shape index (κ3) is 2.98. The maximum absolute atomic E-state index is 5.47. The summed E-state index contributed by atoms with van der Waals surface area (Å²) >= 11 is 0. The van der Waals surface area contributed by atoms with Crippen LogP contribution >= 0.6 is 0 Å². The molecule has 0 amide bonds. The topological polar surface area (TPSA) is 35.1 Å². The fourth-order valence-electron chi connectivity index (χ4n) is 7.91. The smallest absolute Gasteiger partial charge is 0.165 e. The Kier molecular flexibility index (Phi) is 4.55. The lowest BCUT2D eigenvalue weighted by atomic mass is 10.0. The van der Waals surface area contributed by atoms with E-state index >= 15 is 0 Å². The Bertz CT molecular complexity index is 3020. The van der Waals surface area contributed by atoms with Crippen LogP contribution in [0.5, 0.6) is 0 Å². The van der Waals surface area contributed by atoms with Gasteiger partial charge in [-0.15, -0.1) is 0 Å². The Hall–Kier alpha value is -6.26. The Morgan fingerprint density at radius 2 is 1.04 bits per heavy atom. The van der Waals surface area contributed by atoms with Gasteiger partial charge < -0.3 is 4.40 Å². The van der Waals surface area contributed by atoms with Gasteiger partial charge in [0, 0.05) is 43.3 Å². The second-order valence-corrected chi connectivity index (χ2v) is 12.2. The monoisotopic (exact) mass is 584 g/mol. The number of benzene rings is 7. The first kappa shape index (κ1) is 24.1. The van der Waals surface area contributed by atoms with E-state index < -0.39 is 0 Å². The molecule has 0 aliphatic carbocycles. The summed E-state index contributed by atoms with van der Waals surface area (Å²) in [5.74, 6) is 0.837. The van der Waals surface area contributed by atoms with Crippen LogP contribution in [0.3, 0.4) is 0 Å². The normalized spacial score (nSPS) is 12.3. The highest BCUT2D eigenvalue weighted by molar-refractivity contribution is 6.35. The molecule has 0 aliphatic rings. The van der Waals surface area contributed by atoms with Crippen molar-refractivity contribution >= 4 is 81.7 Å². The summed E-state index contributed by atoms with van der Waals surface area (Å²) in [6, 6.07) is 52.0. The van der Waals surface area contributed by atoms with Gasteiger partial charge in [0.2, 0.25) is 0 Å². The van der Waals surface area contributed by atoms with Crippen molar-refractivity contribution in [1.29, 1.82) is 0 Å². The maximum Gasteiger partial charge on any atom is 0.165 e. The van der Waals surface area contributed by atoms with E-state index in [0.717, 1.165) is 39.1 Å². The van der Waals surface area contributed by atoms with Gasteiger partial charge in [0.15, 0.2) is 5.82 Å². The Morgan fingerprint density at radius 3 is 1.87 bits per heavy atom. The molecule has 0 spiro atoms. The van der Waals surface area contributed by atoms with E-state index in [0.29, 0.717) is 0 Å². The van der Waals surface area contributed by atoms with Gasteiger partial charge in [-0.25, -0.2) is 9.97 Å². The van der Waals surface area contributed by atoms with Crippen molar-refractivity contribution in [2.24, 2.45) is 0 Å². The van der Waals surface area contributed by atoms with E-state index in [-0.39, 0.29) is 0 Å². The summed E-state index contributed by atoms with van der Waals surface area (Å²) in [5, 5.41) is 9.85. The average Bonchev–Trinajstić information content (AvgIpc) is 3.76. The van der Waals surface area contributed by atoms with Gasteiger partial charge >= 0.3 is 0 Å². The molecule has 0 bridgehead atoms. The molecule has 0 saturated heterocycles. The van der Waals surface area contributed by atoms with Crippen molar-refractivity contribution in [2.75, 3.05) is 0 Å². The van der Waals surface area contributed by atoms with Crippen LogP contribution in [0.2, 0.25) is 0 Å². The van der Waals surface area contributed by atoms with Gasteiger partial charge in [-0.2, -0.15) is 0 Å². The molecule has 0 atom stereocenters. The van der Waals surface area contributed by atoms with Crippen molar-refractivity contribution in [3.05, 3.63) is 146 Å². The lowest BCUT2D eigenvalue weighted by Crippen LogP contribution is -2.04. The van der Waals surface area contributed by atoms with Crippen LogP contribution in [-0.2, 0) is 0 Å². The van der Waals surface area contributed by atoms with Crippen molar-refractivity contribution in [2.45, 2.75) is 0 Å². The Labute approximate surface area is 262 Å². The molecule has 0 fully saturated rings. The van der Waals surface area contributed by atoms with Crippen LogP contribution in [0.25, 0.3) is 98.8 Å². The van der Waals surface area contributed by atoms with Crippen LogP contribution in [0.4, 0.5) is 0 Å². The summed E-state index contributed by atoms with van der Waals surface area (Å²) < 4.78 is 4.88. The molecular weight excluding hydrogens is 560 g/mol. The predicted octanol–water partition coefficient (Wildman–Crippen LogP) is 10.7. The molecule has 46 heavy (non-hydrogen) atoms. The SMILES string of the molecule is c1ccc(-c2nc3ccccc3nc2-n2c3c4ccccc4ccc3c3cc4c5ccccc5n5c6ccccc6c(c32)c45)cc1. The number of fused-ring (bicyclic) bond motifs is 13. The lowest BCUT2D eigenvalue weighted by molar-refractivity contribution is 1.09. The van der Waals surface area contributed by atoms with Gasteiger partial charge in [-0.3, -0.25) is 4.57 Å². The predicted molar refractivity (Wildman–Crippen MR) is 191 cm³/mol. The molecule has 4 aromatic heterocycles. The van der Waals surface area contributed by atoms with E-state index in [1.807, 2.05) is 12.1 Å². The van der Waals surface area contributed by atoms with E-state index in [2.05, 4.69) is 142 Å². The van der Waals surface area contributed by atoms with Gasteiger partial charge in [0.05, 0.1) is 38.6 Å². The average molecular weight is 585 g/mol. The quantitative estimate of drug-likeness (QED) is 0.203. The third-order valence-electron chi connectivity index (χ3n) is 9.79. The van der Waals surface area contributed by atoms with Gasteiger partial charge in [0.1, 0.15) is 5.69 Å². The largest absolute Gasteiger partial charge is 0.308 e. The standard InChI is InChI=1S/C42H24N4/c1-2-13-26(14-3-1)38-42(44-34-19-9-8-18-33(34)43-38)46-39-27-15-5-4-12-25(27)22-23-29(39)32-24-31-28-16-6-10-20-35(28)45-36-21-11-7-17-30(36)37(40(31)45)41(32)46/h1-24H. The van der Waals surface area contributed by atoms with Crippen LogP contribution in [0.15, 0.2) is 146 Å².